The molecule has 3 rings (SSSR count). The Morgan fingerprint density at radius 2 is 1.76 bits per heavy atom. The molecule has 0 aliphatic rings. The Morgan fingerprint density at radius 1 is 1.04 bits per heavy atom. The fraction of sp³-hybridized carbons (Fsp3) is 0.150. The molecule has 0 saturated carbocycles. The van der Waals surface area contributed by atoms with Gasteiger partial charge in [0.05, 0.1) is 4.92 Å². The van der Waals surface area contributed by atoms with Crippen molar-refractivity contribution >= 4 is 28.1 Å². The lowest BCUT2D eigenvalue weighted by Crippen LogP contribution is -2.31. The van der Waals surface area contributed by atoms with Crippen molar-refractivity contribution in [2.45, 2.75) is 13.8 Å². The quantitative estimate of drug-likeness (QED) is 0.512. The van der Waals surface area contributed by atoms with Gasteiger partial charge in [0, 0.05) is 29.9 Å². The van der Waals surface area contributed by atoms with E-state index in [-0.39, 0.29) is 11.6 Å². The highest BCUT2D eigenvalue weighted by molar-refractivity contribution is 6.08. The highest BCUT2D eigenvalue weighted by Crippen LogP contribution is 2.25. The minimum Gasteiger partial charge on any atom is -0.309 e. The number of non-ortho nitro benzene ring substituents is 1. The van der Waals surface area contributed by atoms with E-state index in [0.29, 0.717) is 12.1 Å². The summed E-state index contributed by atoms with van der Waals surface area (Å²) >= 11 is 0. The maximum absolute atomic E-state index is 13.0. The van der Waals surface area contributed by atoms with E-state index < -0.39 is 4.92 Å². The Balaban J connectivity index is 2.03. The van der Waals surface area contributed by atoms with Crippen molar-refractivity contribution in [3.05, 3.63) is 81.9 Å². The van der Waals surface area contributed by atoms with Gasteiger partial charge in [0.1, 0.15) is 0 Å². The first-order valence-electron chi connectivity index (χ1n) is 8.07. The zero-order valence-electron chi connectivity index (χ0n) is 14.1. The number of hydrogen-bond donors (Lipinski definition) is 0. The summed E-state index contributed by atoms with van der Waals surface area (Å²) in [7, 11) is 0. The molecule has 3 aromatic carbocycles. The molecule has 5 heteroatoms. The number of nitrogens with zero attached hydrogens (tertiary/aromatic N) is 2. The average Bonchev–Trinajstić information content (AvgIpc) is 2.62. The topological polar surface area (TPSA) is 63.5 Å². The van der Waals surface area contributed by atoms with Crippen LogP contribution in [0.25, 0.3) is 10.8 Å². The van der Waals surface area contributed by atoms with Crippen LogP contribution in [0.3, 0.4) is 0 Å². The van der Waals surface area contributed by atoms with Crippen LogP contribution in [0.15, 0.2) is 60.7 Å². The van der Waals surface area contributed by atoms with Crippen molar-refractivity contribution in [2.24, 2.45) is 0 Å². The van der Waals surface area contributed by atoms with Gasteiger partial charge in [-0.1, -0.05) is 36.4 Å². The Hall–Kier alpha value is -3.21. The molecule has 0 spiro atoms. The van der Waals surface area contributed by atoms with Crippen LogP contribution in [0, 0.1) is 17.0 Å². The smallest absolute Gasteiger partial charge is 0.270 e. The summed E-state index contributed by atoms with van der Waals surface area (Å²) in [4.78, 5) is 25.2. The van der Waals surface area contributed by atoms with Crippen LogP contribution < -0.4 is 4.90 Å². The van der Waals surface area contributed by atoms with Gasteiger partial charge >= 0.3 is 0 Å². The van der Waals surface area contributed by atoms with Crippen LogP contribution in [0.2, 0.25) is 0 Å². The standard InChI is InChI=1S/C20H18N2O3/c1-3-21(17-11-9-15-6-4-5-7-16(15)12-17)20(23)19-13-18(22(24)25)10-8-14(19)2/h4-13H,3H2,1-2H3. The minimum absolute atomic E-state index is 0.0801. The summed E-state index contributed by atoms with van der Waals surface area (Å²) < 4.78 is 0. The van der Waals surface area contributed by atoms with Gasteiger partial charge < -0.3 is 4.90 Å². The first-order chi connectivity index (χ1) is 12.0. The number of rotatable bonds is 4. The number of aryl methyl sites for hydroxylation is 1. The maximum Gasteiger partial charge on any atom is 0.270 e. The van der Waals surface area contributed by atoms with Crippen LogP contribution >= 0.6 is 0 Å². The summed E-state index contributed by atoms with van der Waals surface area (Å²) in [5, 5.41) is 13.2. The van der Waals surface area contributed by atoms with E-state index in [1.54, 1.807) is 17.9 Å². The number of hydrogen-bond acceptors (Lipinski definition) is 3. The third-order valence-corrected chi connectivity index (χ3v) is 4.27. The van der Waals surface area contributed by atoms with Crippen LogP contribution in [-0.2, 0) is 0 Å². The maximum atomic E-state index is 13.0. The number of fused-ring (bicyclic) bond motifs is 1. The van der Waals surface area contributed by atoms with Crippen molar-refractivity contribution in [3.8, 4) is 0 Å². The molecule has 3 aromatic rings. The summed E-state index contributed by atoms with van der Waals surface area (Å²) in [5.41, 5.74) is 1.76. The number of nitro groups is 1. The van der Waals surface area contributed by atoms with Gasteiger partial charge in [-0.2, -0.15) is 0 Å². The average molecular weight is 334 g/mol. The molecule has 0 heterocycles. The minimum atomic E-state index is -0.484. The van der Waals surface area contributed by atoms with Gasteiger partial charge in [0.2, 0.25) is 0 Å². The fourth-order valence-corrected chi connectivity index (χ4v) is 2.89. The molecule has 0 aliphatic heterocycles. The van der Waals surface area contributed by atoms with Gasteiger partial charge in [0.15, 0.2) is 0 Å². The van der Waals surface area contributed by atoms with Gasteiger partial charge in [-0.3, -0.25) is 14.9 Å². The van der Waals surface area contributed by atoms with E-state index in [9.17, 15) is 14.9 Å². The molecule has 0 radical (unpaired) electrons. The summed E-state index contributed by atoms with van der Waals surface area (Å²) in [6, 6.07) is 18.1. The number of carbonyl (C=O) groups excluding carboxylic acids is 1. The van der Waals surface area contributed by atoms with Crippen LogP contribution in [0.1, 0.15) is 22.8 Å². The number of anilines is 1. The van der Waals surface area contributed by atoms with Crippen LogP contribution in [0.4, 0.5) is 11.4 Å². The van der Waals surface area contributed by atoms with E-state index in [4.69, 9.17) is 0 Å². The molecule has 0 saturated heterocycles. The van der Waals surface area contributed by atoms with E-state index >= 15 is 0 Å². The summed E-state index contributed by atoms with van der Waals surface area (Å²) in [5.74, 6) is -0.237. The van der Waals surface area contributed by atoms with Gasteiger partial charge in [-0.25, -0.2) is 0 Å². The highest BCUT2D eigenvalue weighted by Gasteiger charge is 2.21. The predicted molar refractivity (Wildman–Crippen MR) is 99.1 cm³/mol. The monoisotopic (exact) mass is 334 g/mol. The zero-order chi connectivity index (χ0) is 18.0. The van der Waals surface area contributed by atoms with E-state index in [1.165, 1.54) is 12.1 Å². The molecule has 126 valence electrons. The molecule has 5 nitrogen and oxygen atoms in total. The zero-order valence-corrected chi connectivity index (χ0v) is 14.1. The van der Waals surface area contributed by atoms with Crippen molar-refractivity contribution in [1.82, 2.24) is 0 Å². The number of benzene rings is 3. The first kappa shape index (κ1) is 16.6. The Morgan fingerprint density at radius 3 is 2.44 bits per heavy atom. The fourth-order valence-electron chi connectivity index (χ4n) is 2.89. The molecule has 0 fully saturated rings. The second-order valence-electron chi connectivity index (χ2n) is 5.84. The normalized spacial score (nSPS) is 10.6. The Labute approximate surface area is 145 Å². The van der Waals surface area contributed by atoms with Crippen molar-refractivity contribution in [2.75, 3.05) is 11.4 Å². The predicted octanol–water partition coefficient (Wildman–Crippen LogP) is 4.72. The Kier molecular flexibility index (Phi) is 4.48. The molecular formula is C20H18N2O3. The third-order valence-electron chi connectivity index (χ3n) is 4.27. The van der Waals surface area contributed by atoms with Crippen molar-refractivity contribution < 1.29 is 9.72 Å². The van der Waals surface area contributed by atoms with Gasteiger partial charge in [-0.05, 0) is 42.3 Å². The Bertz CT molecular complexity index is 966. The largest absolute Gasteiger partial charge is 0.309 e. The summed E-state index contributed by atoms with van der Waals surface area (Å²) in [6.45, 7) is 4.14. The van der Waals surface area contributed by atoms with Crippen LogP contribution in [-0.4, -0.2) is 17.4 Å². The number of nitro benzene ring substituents is 1. The van der Waals surface area contributed by atoms with E-state index in [0.717, 1.165) is 22.0 Å². The second-order valence-corrected chi connectivity index (χ2v) is 5.84. The lowest BCUT2D eigenvalue weighted by molar-refractivity contribution is -0.384. The van der Waals surface area contributed by atoms with Gasteiger partial charge in [-0.15, -0.1) is 0 Å². The number of amides is 1. The molecule has 0 N–H and O–H groups in total. The molecule has 0 aliphatic carbocycles. The second kappa shape index (κ2) is 6.73. The highest BCUT2D eigenvalue weighted by atomic mass is 16.6. The lowest BCUT2D eigenvalue weighted by atomic mass is 10.1. The van der Waals surface area contributed by atoms with Crippen LogP contribution in [0.5, 0.6) is 0 Å². The van der Waals surface area contributed by atoms with E-state index in [2.05, 4.69) is 0 Å². The molecular weight excluding hydrogens is 316 g/mol. The molecule has 0 unspecified atom stereocenters. The summed E-state index contributed by atoms with van der Waals surface area (Å²) in [6.07, 6.45) is 0. The van der Waals surface area contributed by atoms with Gasteiger partial charge in [0.25, 0.3) is 11.6 Å². The molecule has 1 amide bonds. The van der Waals surface area contributed by atoms with E-state index in [1.807, 2.05) is 49.4 Å². The number of carbonyl (C=O) groups is 1. The van der Waals surface area contributed by atoms with Crippen molar-refractivity contribution in [1.29, 1.82) is 0 Å². The molecule has 0 bridgehead atoms. The van der Waals surface area contributed by atoms with Crippen molar-refractivity contribution in [3.63, 3.8) is 0 Å². The SMILES string of the molecule is CCN(C(=O)c1cc([N+](=O)[O-])ccc1C)c1ccc2ccccc2c1. The molecule has 0 atom stereocenters. The molecule has 0 aromatic heterocycles. The first-order valence-corrected chi connectivity index (χ1v) is 8.07. The molecule has 25 heavy (non-hydrogen) atoms. The lowest BCUT2D eigenvalue weighted by Gasteiger charge is -2.22. The third kappa shape index (κ3) is 3.21.